The van der Waals surface area contributed by atoms with Gasteiger partial charge in [-0.2, -0.15) is 0 Å². The van der Waals surface area contributed by atoms with Gasteiger partial charge in [-0.3, -0.25) is 0 Å². The summed E-state index contributed by atoms with van der Waals surface area (Å²) < 4.78 is 28.2. The van der Waals surface area contributed by atoms with E-state index in [1.807, 2.05) is 0 Å². The van der Waals surface area contributed by atoms with Gasteiger partial charge < -0.3 is 4.74 Å². The average Bonchev–Trinajstić information content (AvgIpc) is 2.98. The Kier molecular flexibility index (Phi) is 18.5. The first-order valence-electron chi connectivity index (χ1n) is 7.04. The van der Waals surface area contributed by atoms with E-state index in [1.54, 1.807) is 0 Å². The van der Waals surface area contributed by atoms with Crippen molar-refractivity contribution in [3.63, 3.8) is 0 Å². The maximum atomic E-state index is 7.50. The molecule has 0 radical (unpaired) electrons. The van der Waals surface area contributed by atoms with Gasteiger partial charge >= 0.3 is 33.9 Å². The molecule has 0 amide bonds. The van der Waals surface area contributed by atoms with E-state index in [2.05, 4.69) is 70.0 Å². The molecular weight excluding hydrogens is 346 g/mol. The number of nitrogens with zero attached hydrogens (tertiary/aromatic N) is 1. The summed E-state index contributed by atoms with van der Waals surface area (Å²) in [6.45, 7) is 20.6. The fourth-order valence-corrected chi connectivity index (χ4v) is 2.04. The maximum absolute atomic E-state index is 7.50. The monoisotopic (exact) mass is 367 g/mol. The SMILES string of the molecule is CCCCc1ccccc1C1=NC(C)(C)CO1.[C-]#[O+].[C-]#[O+].[C-]#[O+].[Cr]. The molecule has 128 valence electrons. The largest absolute Gasteiger partial charge is 0 e. The standard InChI is InChI=1S/C15H21NO.3CO.Cr/c1-4-5-8-12-9-6-7-10-13(12)14-16-15(2,3)11-17-14;3*1-2;/h6-7,9-10H,4-5,8,11H2,1-3H3;;;;. The second-order valence-electron chi connectivity index (χ2n) is 5.28. The van der Waals surface area contributed by atoms with E-state index in [0.29, 0.717) is 6.61 Å². The Bertz CT molecular complexity index is 533. The van der Waals surface area contributed by atoms with E-state index in [0.717, 1.165) is 12.3 Å². The minimum atomic E-state index is -0.0762. The Morgan fingerprint density at radius 2 is 1.62 bits per heavy atom. The van der Waals surface area contributed by atoms with Gasteiger partial charge in [0.15, 0.2) is 0 Å². The minimum Gasteiger partial charge on any atom is 0 e. The summed E-state index contributed by atoms with van der Waals surface area (Å²) in [5.74, 6) is 0.821. The van der Waals surface area contributed by atoms with Crippen molar-refractivity contribution >= 4 is 5.90 Å². The van der Waals surface area contributed by atoms with Crippen LogP contribution in [0, 0.1) is 20.0 Å². The van der Waals surface area contributed by atoms with Crippen molar-refractivity contribution < 1.29 is 36.1 Å². The van der Waals surface area contributed by atoms with Crippen LogP contribution in [0.15, 0.2) is 29.3 Å². The Hall–Kier alpha value is -1.56. The molecule has 0 saturated carbocycles. The molecule has 0 spiro atoms. The third kappa shape index (κ3) is 9.55. The number of hydrogen-bond donors (Lipinski definition) is 0. The van der Waals surface area contributed by atoms with Gasteiger partial charge in [0.25, 0.3) is 0 Å². The zero-order valence-corrected chi connectivity index (χ0v) is 15.4. The summed E-state index contributed by atoms with van der Waals surface area (Å²) in [6, 6.07) is 8.45. The van der Waals surface area contributed by atoms with Crippen molar-refractivity contribution in [1.82, 2.24) is 0 Å². The van der Waals surface area contributed by atoms with Crippen molar-refractivity contribution in [3.05, 3.63) is 55.3 Å². The van der Waals surface area contributed by atoms with Crippen molar-refractivity contribution in [2.45, 2.75) is 45.6 Å². The van der Waals surface area contributed by atoms with Crippen LogP contribution in [0.2, 0.25) is 0 Å². The van der Waals surface area contributed by atoms with E-state index in [4.69, 9.17) is 18.7 Å². The number of unbranched alkanes of at least 4 members (excludes halogenated alkanes) is 1. The van der Waals surface area contributed by atoms with Crippen LogP contribution in [-0.2, 0) is 42.5 Å². The predicted octanol–water partition coefficient (Wildman–Crippen LogP) is 3.47. The Balaban J connectivity index is -0.000000569. The second-order valence-corrected chi connectivity index (χ2v) is 5.28. The Morgan fingerprint density at radius 1 is 1.08 bits per heavy atom. The number of aliphatic imine (C=N–C) groups is 1. The van der Waals surface area contributed by atoms with E-state index >= 15 is 0 Å². The molecule has 5 nitrogen and oxygen atoms in total. The summed E-state index contributed by atoms with van der Waals surface area (Å²) in [5, 5.41) is 0. The molecule has 0 aromatic heterocycles. The molecule has 0 saturated heterocycles. The van der Waals surface area contributed by atoms with Crippen molar-refractivity contribution in [1.29, 1.82) is 0 Å². The third-order valence-corrected chi connectivity index (χ3v) is 3.01. The van der Waals surface area contributed by atoms with E-state index < -0.39 is 0 Å². The van der Waals surface area contributed by atoms with Crippen LogP contribution in [0.25, 0.3) is 0 Å². The Morgan fingerprint density at radius 3 is 2.08 bits per heavy atom. The van der Waals surface area contributed by atoms with Crippen molar-refractivity contribution in [2.24, 2.45) is 4.99 Å². The second kappa shape index (κ2) is 16.3. The van der Waals surface area contributed by atoms with E-state index in [-0.39, 0.29) is 22.9 Å². The van der Waals surface area contributed by atoms with Gasteiger partial charge in [-0.25, -0.2) is 4.99 Å². The number of ether oxygens (including phenoxy) is 1. The molecule has 0 N–H and O–H groups in total. The van der Waals surface area contributed by atoms with Crippen LogP contribution in [0.5, 0.6) is 0 Å². The molecule has 24 heavy (non-hydrogen) atoms. The van der Waals surface area contributed by atoms with Crippen LogP contribution in [0.4, 0.5) is 0 Å². The fourth-order valence-electron chi connectivity index (χ4n) is 2.04. The first kappa shape index (κ1) is 27.3. The number of rotatable bonds is 4. The van der Waals surface area contributed by atoms with Gasteiger partial charge in [-0.1, -0.05) is 31.5 Å². The van der Waals surface area contributed by atoms with E-state index in [9.17, 15) is 0 Å². The molecular formula is C18H21CrNO4. The minimum absolute atomic E-state index is 0. The van der Waals surface area contributed by atoms with E-state index in [1.165, 1.54) is 24.0 Å². The van der Waals surface area contributed by atoms with Crippen molar-refractivity contribution in [2.75, 3.05) is 6.61 Å². The van der Waals surface area contributed by atoms with Crippen molar-refractivity contribution in [3.8, 4) is 0 Å². The first-order valence-corrected chi connectivity index (χ1v) is 7.04. The molecule has 6 heteroatoms. The number of benzene rings is 1. The molecule has 0 unspecified atom stereocenters. The smallest absolute Gasteiger partial charge is 0 e. The molecule has 1 aromatic carbocycles. The molecule has 0 aliphatic carbocycles. The van der Waals surface area contributed by atoms with Gasteiger partial charge in [0, 0.05) is 22.9 Å². The van der Waals surface area contributed by atoms with Gasteiger partial charge in [0.1, 0.15) is 6.61 Å². The molecule has 0 fully saturated rings. The third-order valence-electron chi connectivity index (χ3n) is 3.01. The van der Waals surface area contributed by atoms with Crippen LogP contribution in [-0.4, -0.2) is 18.0 Å². The van der Waals surface area contributed by atoms with Gasteiger partial charge in [0.05, 0.1) is 5.54 Å². The predicted molar refractivity (Wildman–Crippen MR) is 83.4 cm³/mol. The fraction of sp³-hybridized carbons (Fsp3) is 0.444. The molecule has 1 aliphatic heterocycles. The van der Waals surface area contributed by atoms with Gasteiger partial charge in [-0.15, -0.1) is 0 Å². The quantitative estimate of drug-likeness (QED) is 0.593. The zero-order chi connectivity index (χ0) is 18.3. The molecule has 0 atom stereocenters. The van der Waals surface area contributed by atoms with Crippen LogP contribution in [0.1, 0.15) is 44.7 Å². The number of aryl methyl sites for hydroxylation is 1. The van der Waals surface area contributed by atoms with Gasteiger partial charge in [0.2, 0.25) is 5.90 Å². The average molecular weight is 367 g/mol. The van der Waals surface area contributed by atoms with Crippen LogP contribution >= 0.6 is 0 Å². The Labute approximate surface area is 154 Å². The summed E-state index contributed by atoms with van der Waals surface area (Å²) in [4.78, 5) is 4.65. The zero-order valence-electron chi connectivity index (χ0n) is 14.1. The summed E-state index contributed by atoms with van der Waals surface area (Å²) >= 11 is 0. The first-order chi connectivity index (χ1) is 11.1. The molecule has 0 bridgehead atoms. The topological polar surface area (TPSA) is 81.3 Å². The molecule has 2 rings (SSSR count). The molecule has 1 aromatic rings. The normalized spacial score (nSPS) is 12.8. The number of hydrogen-bond acceptors (Lipinski definition) is 2. The van der Waals surface area contributed by atoms with Crippen LogP contribution < -0.4 is 0 Å². The van der Waals surface area contributed by atoms with Crippen LogP contribution in [0.3, 0.4) is 0 Å². The summed E-state index contributed by atoms with van der Waals surface area (Å²) in [5.41, 5.74) is 2.45. The summed E-state index contributed by atoms with van der Waals surface area (Å²) in [7, 11) is 0. The maximum Gasteiger partial charge on any atom is 0 e. The summed E-state index contributed by atoms with van der Waals surface area (Å²) in [6.07, 6.45) is 3.54. The van der Waals surface area contributed by atoms with Gasteiger partial charge in [-0.05, 0) is 38.3 Å². The molecule has 1 aliphatic rings. The molecule has 1 heterocycles.